The van der Waals surface area contributed by atoms with Gasteiger partial charge in [0, 0.05) is 50.5 Å². The highest BCUT2D eigenvalue weighted by molar-refractivity contribution is 5.93. The van der Waals surface area contributed by atoms with Crippen LogP contribution in [-0.2, 0) is 32.2 Å². The van der Waals surface area contributed by atoms with Gasteiger partial charge in [0.05, 0.1) is 30.2 Å². The molecule has 1 saturated heterocycles. The average molecular weight is 731 g/mol. The van der Waals surface area contributed by atoms with Crippen molar-refractivity contribution in [2.45, 2.75) is 95.5 Å². The molecular weight excluding hydrogens is 677 g/mol. The molecule has 2 aliphatic rings. The van der Waals surface area contributed by atoms with E-state index in [0.29, 0.717) is 49.6 Å². The lowest BCUT2D eigenvalue weighted by Gasteiger charge is -2.39. The summed E-state index contributed by atoms with van der Waals surface area (Å²) in [6.07, 6.45) is 8.88. The maximum absolute atomic E-state index is 12.8. The lowest BCUT2D eigenvalue weighted by atomic mass is 9.97. The molecule has 4 aromatic carbocycles. The topological polar surface area (TPSA) is 126 Å². The fourth-order valence-electron chi connectivity index (χ4n) is 7.56. The van der Waals surface area contributed by atoms with E-state index in [1.54, 1.807) is 12.1 Å². The molecule has 6 rings (SSSR count). The number of aliphatic hydroxyl groups is 1. The van der Waals surface area contributed by atoms with Crippen LogP contribution in [0.5, 0.6) is 0 Å². The molecule has 3 atom stereocenters. The Balaban J connectivity index is 1.07. The zero-order chi connectivity index (χ0) is 37.7. The second-order valence-corrected chi connectivity index (χ2v) is 14.4. The number of amides is 2. The van der Waals surface area contributed by atoms with Crippen LogP contribution in [-0.4, -0.2) is 47.1 Å². The van der Waals surface area contributed by atoms with Gasteiger partial charge in [0.25, 0.3) is 0 Å². The Hall–Kier alpha value is -4.80. The van der Waals surface area contributed by atoms with E-state index in [2.05, 4.69) is 64.6 Å². The molecule has 284 valence electrons. The van der Waals surface area contributed by atoms with Crippen LogP contribution in [0.4, 0.5) is 11.4 Å². The summed E-state index contributed by atoms with van der Waals surface area (Å²) in [4.78, 5) is 27.6. The fraction of sp³-hybridized carbons (Fsp3) is 0.378. The van der Waals surface area contributed by atoms with Crippen LogP contribution in [0.3, 0.4) is 0 Å². The van der Waals surface area contributed by atoms with Gasteiger partial charge in [-0.05, 0) is 65.6 Å². The molecule has 3 unspecified atom stereocenters. The second kappa shape index (κ2) is 19.5. The van der Waals surface area contributed by atoms with E-state index in [0.717, 1.165) is 52.9 Å². The van der Waals surface area contributed by atoms with E-state index in [1.165, 1.54) is 25.7 Å². The molecule has 9 nitrogen and oxygen atoms in total. The van der Waals surface area contributed by atoms with Crippen molar-refractivity contribution < 1.29 is 24.2 Å². The number of unbranched alkanes of at least 4 members (excludes halogenated alkanes) is 1. The Kier molecular flexibility index (Phi) is 14.1. The van der Waals surface area contributed by atoms with Gasteiger partial charge in [-0.2, -0.15) is 0 Å². The molecule has 9 heteroatoms. The number of nitrogens with zero attached hydrogens (tertiary/aromatic N) is 1. The minimum absolute atomic E-state index is 0.00784. The first-order valence-corrected chi connectivity index (χ1v) is 19.3. The number of nitrogen functional groups attached to an aromatic ring is 1. The molecule has 1 aliphatic carbocycles. The summed E-state index contributed by atoms with van der Waals surface area (Å²) < 4.78 is 13.4. The number of rotatable bonds is 17. The minimum atomic E-state index is -0.536. The van der Waals surface area contributed by atoms with E-state index >= 15 is 0 Å². The Labute approximate surface area is 319 Å². The number of carbonyl (C=O) groups is 2. The number of nitrogens with two attached hydrogens (primary N) is 1. The smallest absolute Gasteiger partial charge is 0.224 e. The number of para-hydroxylation sites is 2. The summed E-state index contributed by atoms with van der Waals surface area (Å²) in [5.41, 5.74) is 13.0. The van der Waals surface area contributed by atoms with E-state index < -0.39 is 6.29 Å². The first-order valence-electron chi connectivity index (χ1n) is 19.3. The maximum Gasteiger partial charge on any atom is 0.224 e. The molecule has 54 heavy (non-hydrogen) atoms. The van der Waals surface area contributed by atoms with Crippen LogP contribution >= 0.6 is 0 Å². The van der Waals surface area contributed by atoms with Crippen molar-refractivity contribution in [3.05, 3.63) is 132 Å². The summed E-state index contributed by atoms with van der Waals surface area (Å²) in [6.45, 7) is 6.10. The summed E-state index contributed by atoms with van der Waals surface area (Å²) in [5, 5.41) is 15.5. The highest BCUT2D eigenvalue weighted by atomic mass is 16.7. The molecule has 1 saturated carbocycles. The quantitative estimate of drug-likeness (QED) is 0.0490. The van der Waals surface area contributed by atoms with Crippen molar-refractivity contribution in [3.63, 3.8) is 0 Å². The molecule has 1 aliphatic heterocycles. The number of carbonyl (C=O) groups excluding carboxylic acids is 2. The zero-order valence-electron chi connectivity index (χ0n) is 31.1. The Morgan fingerprint density at radius 1 is 0.852 bits per heavy atom. The number of aliphatic hydroxyl groups excluding tert-OH is 1. The van der Waals surface area contributed by atoms with Crippen LogP contribution in [0.2, 0.25) is 0 Å². The molecule has 0 aromatic heterocycles. The largest absolute Gasteiger partial charge is 0.397 e. The zero-order valence-corrected chi connectivity index (χ0v) is 31.1. The molecule has 0 bridgehead atoms. The molecule has 2 fully saturated rings. The predicted octanol–water partition coefficient (Wildman–Crippen LogP) is 8.22. The van der Waals surface area contributed by atoms with Crippen molar-refractivity contribution in [1.29, 1.82) is 0 Å². The number of benzene rings is 4. The Bertz CT molecular complexity index is 1820. The predicted molar refractivity (Wildman–Crippen MR) is 214 cm³/mol. The van der Waals surface area contributed by atoms with Crippen LogP contribution in [0.25, 0.3) is 11.1 Å². The molecule has 0 radical (unpaired) electrons. The number of nitrogens with one attached hydrogen (secondary N) is 2. The van der Waals surface area contributed by atoms with Gasteiger partial charge in [0.15, 0.2) is 6.29 Å². The second-order valence-electron chi connectivity index (χ2n) is 14.4. The van der Waals surface area contributed by atoms with Crippen molar-refractivity contribution in [3.8, 4) is 11.1 Å². The van der Waals surface area contributed by atoms with Crippen LogP contribution in [0.1, 0.15) is 92.4 Å². The van der Waals surface area contributed by atoms with Crippen molar-refractivity contribution in [2.24, 2.45) is 0 Å². The van der Waals surface area contributed by atoms with Gasteiger partial charge in [0.1, 0.15) is 0 Å². The van der Waals surface area contributed by atoms with Gasteiger partial charge in [-0.25, -0.2) is 0 Å². The molecular formula is C45H54N4O5. The highest BCUT2D eigenvalue weighted by Gasteiger charge is 2.34. The van der Waals surface area contributed by atoms with Crippen molar-refractivity contribution >= 4 is 23.2 Å². The standard InChI is InChI=1S/C45H54N4O5/c1-2-27-49(37-12-4-5-13-37)30-38-28-42(34-21-19-32(31-50)20-22-34)54-45(53-38)35-25-23-33(24-26-35)39-14-6-3-11-36(39)29-47-43(51)17-9-10-18-44(52)48-41-16-8-7-15-40(41)46/h2-3,6-8,11,14-16,19-26,37-38,42,45,50H,1,4-5,9-10,12-13,17-18,27-31,46H2,(H,47,51)(H,48,52). The van der Waals surface area contributed by atoms with Gasteiger partial charge in [-0.15, -0.1) is 6.58 Å². The van der Waals surface area contributed by atoms with E-state index in [4.69, 9.17) is 15.2 Å². The number of hydrogen-bond donors (Lipinski definition) is 4. The fourth-order valence-corrected chi connectivity index (χ4v) is 7.56. The van der Waals surface area contributed by atoms with Gasteiger partial charge in [0.2, 0.25) is 11.8 Å². The van der Waals surface area contributed by atoms with Gasteiger partial charge >= 0.3 is 0 Å². The minimum Gasteiger partial charge on any atom is -0.397 e. The first-order chi connectivity index (χ1) is 26.4. The highest BCUT2D eigenvalue weighted by Crippen LogP contribution is 2.39. The summed E-state index contributed by atoms with van der Waals surface area (Å²) >= 11 is 0. The molecule has 4 aromatic rings. The summed E-state index contributed by atoms with van der Waals surface area (Å²) in [7, 11) is 0. The number of ether oxygens (including phenoxy) is 2. The third-order valence-electron chi connectivity index (χ3n) is 10.5. The average Bonchev–Trinajstić information content (AvgIpc) is 3.75. The van der Waals surface area contributed by atoms with E-state index in [1.807, 2.05) is 48.5 Å². The third kappa shape index (κ3) is 10.7. The first kappa shape index (κ1) is 38.9. The van der Waals surface area contributed by atoms with Crippen LogP contribution < -0.4 is 16.4 Å². The Morgan fingerprint density at radius 2 is 1.54 bits per heavy atom. The molecule has 2 amide bonds. The summed E-state index contributed by atoms with van der Waals surface area (Å²) in [6, 6.07) is 32.2. The van der Waals surface area contributed by atoms with Gasteiger partial charge in [-0.3, -0.25) is 14.5 Å². The van der Waals surface area contributed by atoms with Gasteiger partial charge in [-0.1, -0.05) is 104 Å². The monoisotopic (exact) mass is 730 g/mol. The van der Waals surface area contributed by atoms with Crippen LogP contribution in [0, 0.1) is 0 Å². The van der Waals surface area contributed by atoms with E-state index in [-0.39, 0.29) is 30.6 Å². The van der Waals surface area contributed by atoms with Crippen LogP contribution in [0.15, 0.2) is 110 Å². The SMILES string of the molecule is C=CCN(CC1CC(c2ccc(CO)cc2)OC(c2ccc(-c3ccccc3CNC(=O)CCCCC(=O)Nc3ccccc3N)cc2)O1)C1CCCC1. The Morgan fingerprint density at radius 3 is 2.26 bits per heavy atom. The molecule has 0 spiro atoms. The molecule has 5 N–H and O–H groups in total. The van der Waals surface area contributed by atoms with Crippen molar-refractivity contribution in [2.75, 3.05) is 24.1 Å². The lowest BCUT2D eigenvalue weighted by molar-refractivity contribution is -0.253. The summed E-state index contributed by atoms with van der Waals surface area (Å²) in [5.74, 6) is -0.160. The number of hydrogen-bond acceptors (Lipinski definition) is 7. The van der Waals surface area contributed by atoms with Crippen molar-refractivity contribution in [1.82, 2.24) is 10.2 Å². The lowest BCUT2D eigenvalue weighted by Crippen LogP contribution is -2.43. The third-order valence-corrected chi connectivity index (χ3v) is 10.5. The van der Waals surface area contributed by atoms with Gasteiger partial charge < -0.3 is 30.9 Å². The normalized spacial score (nSPS) is 18.7. The maximum atomic E-state index is 12.8. The number of anilines is 2. The van der Waals surface area contributed by atoms with E-state index in [9.17, 15) is 14.7 Å². The molecule has 1 heterocycles.